The van der Waals surface area contributed by atoms with Crippen molar-refractivity contribution in [3.8, 4) is 17.1 Å². The summed E-state index contributed by atoms with van der Waals surface area (Å²) in [6.45, 7) is 5.17. The Morgan fingerprint density at radius 3 is 2.87 bits per heavy atom. The summed E-state index contributed by atoms with van der Waals surface area (Å²) in [7, 11) is -3.50. The van der Waals surface area contributed by atoms with Gasteiger partial charge in [0, 0.05) is 35.5 Å². The van der Waals surface area contributed by atoms with E-state index in [-0.39, 0.29) is 12.9 Å². The van der Waals surface area contributed by atoms with Crippen molar-refractivity contribution in [1.29, 1.82) is 0 Å². The largest absolute Gasteiger partial charge is 0.472 e. The molecule has 1 fully saturated rings. The van der Waals surface area contributed by atoms with E-state index >= 15 is 0 Å². The maximum Gasteiger partial charge on any atom is 0.186 e. The molecule has 2 N–H and O–H groups in total. The number of H-pyrrole nitrogens is 1. The number of benzene rings is 1. The Morgan fingerprint density at radius 2 is 2.06 bits per heavy atom. The van der Waals surface area contributed by atoms with Gasteiger partial charge >= 0.3 is 0 Å². The Balaban J connectivity index is 1.81. The maximum atomic E-state index is 12.8. The molecule has 9 nitrogen and oxygen atoms in total. The first-order chi connectivity index (χ1) is 14.8. The normalized spacial score (nSPS) is 19.5. The van der Waals surface area contributed by atoms with Crippen LogP contribution in [0.2, 0.25) is 0 Å². The van der Waals surface area contributed by atoms with Gasteiger partial charge in [-0.25, -0.2) is 18.4 Å². The first kappa shape index (κ1) is 20.2. The number of sulfone groups is 1. The number of ether oxygens (including phenoxy) is 2. The van der Waals surface area contributed by atoms with Crippen LogP contribution < -0.4 is 15.0 Å². The fourth-order valence-electron chi connectivity index (χ4n) is 3.99. The summed E-state index contributed by atoms with van der Waals surface area (Å²) in [5, 5.41) is 4.26. The molecule has 10 heteroatoms. The fourth-order valence-corrected chi connectivity index (χ4v) is 4.48. The van der Waals surface area contributed by atoms with Crippen molar-refractivity contribution < 1.29 is 17.9 Å². The van der Waals surface area contributed by atoms with Gasteiger partial charge in [-0.3, -0.25) is 5.32 Å². The summed E-state index contributed by atoms with van der Waals surface area (Å²) in [5.41, 5.74) is 2.15. The molecule has 1 aromatic carbocycles. The third-order valence-corrected chi connectivity index (χ3v) is 8.16. The van der Waals surface area contributed by atoms with E-state index in [1.54, 1.807) is 13.8 Å². The predicted octanol–water partition coefficient (Wildman–Crippen LogP) is 2.01. The summed E-state index contributed by atoms with van der Waals surface area (Å²) < 4.78 is 35.9. The van der Waals surface area contributed by atoms with Gasteiger partial charge in [0.25, 0.3) is 0 Å². The predicted molar refractivity (Wildman–Crippen MR) is 118 cm³/mol. The van der Waals surface area contributed by atoms with Gasteiger partial charge in [-0.1, -0.05) is 12.1 Å². The lowest BCUT2D eigenvalue weighted by Gasteiger charge is -2.35. The molecule has 0 radical (unpaired) electrons. The molecule has 1 atom stereocenters. The van der Waals surface area contributed by atoms with Crippen LogP contribution in [0.1, 0.15) is 19.5 Å². The molecule has 0 unspecified atom stereocenters. The van der Waals surface area contributed by atoms with Gasteiger partial charge in [-0.2, -0.15) is 0 Å². The van der Waals surface area contributed by atoms with Crippen LogP contribution in [-0.2, 0) is 19.3 Å². The Kier molecular flexibility index (Phi) is 4.68. The molecule has 2 aliphatic rings. The maximum absolute atomic E-state index is 12.8. The van der Waals surface area contributed by atoms with Crippen molar-refractivity contribution >= 4 is 26.6 Å². The van der Waals surface area contributed by atoms with Crippen LogP contribution in [0.25, 0.3) is 22.3 Å². The second-order valence-corrected chi connectivity index (χ2v) is 10.9. The highest BCUT2D eigenvalue weighted by Gasteiger charge is 2.41. The SMILES string of the molecule is CC(C)(c1nc(-c2cccc3[nH]ccc23)nc2c1OCN[C@@H]1COCCN21)S(C)(=O)=O. The topological polar surface area (TPSA) is 109 Å². The molecule has 0 bridgehead atoms. The first-order valence-electron chi connectivity index (χ1n) is 10.2. The minimum absolute atomic E-state index is 0.116. The zero-order valence-electron chi connectivity index (χ0n) is 17.7. The average molecular weight is 444 g/mol. The molecular formula is C21H25N5O4S. The molecule has 1 saturated heterocycles. The molecule has 0 spiro atoms. The lowest BCUT2D eigenvalue weighted by Crippen LogP contribution is -2.53. The number of rotatable bonds is 3. The molecule has 3 aromatic rings. The lowest BCUT2D eigenvalue weighted by molar-refractivity contribution is 0.0793. The van der Waals surface area contributed by atoms with Gasteiger partial charge in [0.05, 0.1) is 13.2 Å². The smallest absolute Gasteiger partial charge is 0.186 e. The Bertz CT molecular complexity index is 1250. The molecule has 2 aliphatic heterocycles. The Hall–Kier alpha value is -2.69. The Labute approximate surface area is 180 Å². The summed E-state index contributed by atoms with van der Waals surface area (Å²) in [6, 6.07) is 7.83. The van der Waals surface area contributed by atoms with Crippen LogP contribution in [0.4, 0.5) is 5.82 Å². The van der Waals surface area contributed by atoms with Crippen LogP contribution in [-0.4, -0.2) is 62.3 Å². The van der Waals surface area contributed by atoms with Crippen molar-refractivity contribution in [2.45, 2.75) is 24.8 Å². The van der Waals surface area contributed by atoms with Gasteiger partial charge in [0.1, 0.15) is 23.3 Å². The zero-order valence-corrected chi connectivity index (χ0v) is 18.5. The number of hydrogen-bond donors (Lipinski definition) is 2. The van der Waals surface area contributed by atoms with E-state index in [0.29, 0.717) is 42.8 Å². The number of aromatic amines is 1. The van der Waals surface area contributed by atoms with Crippen molar-refractivity contribution in [3.05, 3.63) is 36.2 Å². The van der Waals surface area contributed by atoms with Gasteiger partial charge < -0.3 is 19.4 Å². The van der Waals surface area contributed by atoms with E-state index in [9.17, 15) is 8.42 Å². The van der Waals surface area contributed by atoms with E-state index < -0.39 is 14.6 Å². The number of anilines is 1. The highest BCUT2D eigenvalue weighted by Crippen LogP contribution is 2.42. The number of nitrogens with one attached hydrogen (secondary N) is 2. The number of nitrogens with zero attached hydrogens (tertiary/aromatic N) is 3. The standard InChI is InChI=1S/C21H25N5O4S/c1-21(2,31(3,27)28)18-17-20(26-9-10-29-11-16(26)23-12-30-17)25-19(24-18)14-5-4-6-15-13(14)7-8-22-15/h4-8,16,22-23H,9-12H2,1-3H3/t16-/m0/s1. The minimum Gasteiger partial charge on any atom is -0.472 e. The van der Waals surface area contributed by atoms with Crippen molar-refractivity contribution in [2.24, 2.45) is 0 Å². The minimum atomic E-state index is -3.50. The molecule has 31 heavy (non-hydrogen) atoms. The first-order valence-corrected chi connectivity index (χ1v) is 12.1. The van der Waals surface area contributed by atoms with Gasteiger partial charge in [0.2, 0.25) is 0 Å². The van der Waals surface area contributed by atoms with Crippen LogP contribution in [0.5, 0.6) is 5.75 Å². The summed E-state index contributed by atoms with van der Waals surface area (Å²) in [4.78, 5) is 15.0. The average Bonchev–Trinajstić information content (AvgIpc) is 3.14. The van der Waals surface area contributed by atoms with E-state index in [1.165, 1.54) is 6.26 Å². The number of aromatic nitrogens is 3. The molecule has 0 aliphatic carbocycles. The number of morpholine rings is 1. The van der Waals surface area contributed by atoms with E-state index in [2.05, 4.69) is 15.2 Å². The van der Waals surface area contributed by atoms with Crippen molar-refractivity contribution in [1.82, 2.24) is 20.3 Å². The van der Waals surface area contributed by atoms with Gasteiger partial charge in [-0.05, 0) is 26.0 Å². The fraction of sp³-hybridized carbons (Fsp3) is 0.429. The van der Waals surface area contributed by atoms with E-state index in [4.69, 9.17) is 19.4 Å². The summed E-state index contributed by atoms with van der Waals surface area (Å²) in [6.07, 6.45) is 2.97. The summed E-state index contributed by atoms with van der Waals surface area (Å²) >= 11 is 0. The molecule has 2 aromatic heterocycles. The van der Waals surface area contributed by atoms with Crippen LogP contribution in [0.3, 0.4) is 0 Å². The third kappa shape index (κ3) is 3.26. The van der Waals surface area contributed by atoms with Crippen LogP contribution in [0.15, 0.2) is 30.5 Å². The number of fused-ring (bicyclic) bond motifs is 4. The molecule has 0 saturated carbocycles. The highest BCUT2D eigenvalue weighted by atomic mass is 32.2. The molecule has 0 amide bonds. The molecule has 4 heterocycles. The monoisotopic (exact) mass is 443 g/mol. The van der Waals surface area contributed by atoms with Crippen LogP contribution in [0, 0.1) is 0 Å². The van der Waals surface area contributed by atoms with Gasteiger partial charge in [-0.15, -0.1) is 0 Å². The van der Waals surface area contributed by atoms with Gasteiger partial charge in [0.15, 0.2) is 27.2 Å². The number of hydrogen-bond acceptors (Lipinski definition) is 8. The lowest BCUT2D eigenvalue weighted by atomic mass is 10.1. The summed E-state index contributed by atoms with van der Waals surface area (Å²) in [5.74, 6) is 1.45. The molecular weight excluding hydrogens is 418 g/mol. The molecule has 164 valence electrons. The quantitative estimate of drug-likeness (QED) is 0.633. The third-order valence-electron chi connectivity index (χ3n) is 6.12. The second kappa shape index (κ2) is 7.18. The van der Waals surface area contributed by atoms with Crippen molar-refractivity contribution in [3.63, 3.8) is 0 Å². The zero-order chi connectivity index (χ0) is 21.8. The van der Waals surface area contributed by atoms with E-state index in [0.717, 1.165) is 16.5 Å². The Morgan fingerprint density at radius 1 is 1.23 bits per heavy atom. The second-order valence-electron chi connectivity index (χ2n) is 8.35. The molecule has 5 rings (SSSR count). The highest BCUT2D eigenvalue weighted by molar-refractivity contribution is 7.91. The van der Waals surface area contributed by atoms with Crippen LogP contribution >= 0.6 is 0 Å². The van der Waals surface area contributed by atoms with Crippen molar-refractivity contribution in [2.75, 3.05) is 37.6 Å². The van der Waals surface area contributed by atoms with E-state index in [1.807, 2.05) is 30.5 Å².